The average Bonchev–Trinajstić information content (AvgIpc) is 3.24. The van der Waals surface area contributed by atoms with Crippen LogP contribution in [-0.4, -0.2) is 45.9 Å². The zero-order chi connectivity index (χ0) is 19.8. The zero-order valence-corrected chi connectivity index (χ0v) is 14.7. The van der Waals surface area contributed by atoms with Gasteiger partial charge in [0.25, 0.3) is 5.91 Å². The van der Waals surface area contributed by atoms with Gasteiger partial charge in [0.1, 0.15) is 5.82 Å². The summed E-state index contributed by atoms with van der Waals surface area (Å²) in [7, 11) is 0. The van der Waals surface area contributed by atoms with Gasteiger partial charge in [-0.2, -0.15) is 5.10 Å². The number of amides is 3. The maximum Gasteiger partial charge on any atom is 0.331 e. The Balaban J connectivity index is 1.82. The Morgan fingerprint density at radius 3 is 2.74 bits per heavy atom. The lowest BCUT2D eigenvalue weighted by molar-refractivity contribution is -0.146. The number of carboxylic acids is 1. The van der Waals surface area contributed by atoms with Crippen molar-refractivity contribution in [3.8, 4) is 0 Å². The number of halogens is 1. The van der Waals surface area contributed by atoms with Gasteiger partial charge in [-0.3, -0.25) is 14.4 Å². The molecule has 0 bridgehead atoms. The molecule has 1 fully saturated rings. The molecule has 3 amide bonds. The molecule has 0 atom stereocenters. The van der Waals surface area contributed by atoms with Gasteiger partial charge in [0.2, 0.25) is 0 Å². The third-order valence-corrected chi connectivity index (χ3v) is 4.30. The quantitative estimate of drug-likeness (QED) is 0.734. The monoisotopic (exact) mass is 375 g/mol. The summed E-state index contributed by atoms with van der Waals surface area (Å²) in [6.45, 7) is 3.80. The van der Waals surface area contributed by atoms with Gasteiger partial charge in [-0.15, -0.1) is 0 Å². The Kier molecular flexibility index (Phi) is 4.56. The molecule has 9 nitrogen and oxygen atoms in total. The van der Waals surface area contributed by atoms with Crippen LogP contribution in [0.3, 0.4) is 0 Å². The van der Waals surface area contributed by atoms with Crippen LogP contribution in [0.4, 0.5) is 20.6 Å². The first-order valence-corrected chi connectivity index (χ1v) is 8.15. The summed E-state index contributed by atoms with van der Waals surface area (Å²) >= 11 is 0. The second-order valence-corrected chi connectivity index (χ2v) is 6.54. The maximum absolute atomic E-state index is 14.1. The molecule has 10 heteroatoms. The summed E-state index contributed by atoms with van der Waals surface area (Å²) in [6.07, 6.45) is 2.62. The van der Waals surface area contributed by atoms with Gasteiger partial charge in [0, 0.05) is 25.0 Å². The highest BCUT2D eigenvalue weighted by Gasteiger charge is 2.30. The third-order valence-electron chi connectivity index (χ3n) is 4.30. The molecule has 1 aliphatic rings. The van der Waals surface area contributed by atoms with E-state index in [1.54, 1.807) is 0 Å². The molecule has 0 spiro atoms. The highest BCUT2D eigenvalue weighted by molar-refractivity contribution is 6.05. The Labute approximate surface area is 153 Å². The fourth-order valence-electron chi connectivity index (χ4n) is 2.56. The van der Waals surface area contributed by atoms with Crippen LogP contribution in [0.1, 0.15) is 24.2 Å². The number of anilines is 2. The number of aliphatic carboxylic acids is 1. The lowest BCUT2D eigenvalue weighted by Gasteiger charge is -2.19. The lowest BCUT2D eigenvalue weighted by Crippen LogP contribution is -2.35. The molecule has 3 N–H and O–H groups in total. The van der Waals surface area contributed by atoms with Crippen molar-refractivity contribution in [2.45, 2.75) is 19.4 Å². The van der Waals surface area contributed by atoms with Crippen molar-refractivity contribution < 1.29 is 23.9 Å². The number of aromatic nitrogens is 2. The molecule has 1 aliphatic heterocycles. The zero-order valence-electron chi connectivity index (χ0n) is 14.7. The van der Waals surface area contributed by atoms with Gasteiger partial charge >= 0.3 is 12.0 Å². The van der Waals surface area contributed by atoms with Gasteiger partial charge in [-0.05, 0) is 32.0 Å². The molecule has 1 aromatic heterocycles. The fourth-order valence-corrected chi connectivity index (χ4v) is 2.56. The Morgan fingerprint density at radius 2 is 2.11 bits per heavy atom. The largest absolute Gasteiger partial charge is 0.479 e. The second kappa shape index (κ2) is 6.71. The van der Waals surface area contributed by atoms with Crippen LogP contribution in [0, 0.1) is 5.82 Å². The molecule has 0 radical (unpaired) electrons. The Hall–Kier alpha value is -3.43. The van der Waals surface area contributed by atoms with E-state index < -0.39 is 23.2 Å². The van der Waals surface area contributed by atoms with E-state index in [0.29, 0.717) is 18.8 Å². The number of carbonyl (C=O) groups is 3. The molecule has 0 aliphatic carbocycles. The summed E-state index contributed by atoms with van der Waals surface area (Å²) in [4.78, 5) is 36.9. The van der Waals surface area contributed by atoms with E-state index in [-0.39, 0.29) is 17.3 Å². The molecule has 0 unspecified atom stereocenters. The molecule has 0 saturated carbocycles. The van der Waals surface area contributed by atoms with E-state index in [9.17, 15) is 23.9 Å². The summed E-state index contributed by atoms with van der Waals surface area (Å²) in [6, 6.07) is 3.52. The topological polar surface area (TPSA) is 117 Å². The first kappa shape index (κ1) is 18.4. The van der Waals surface area contributed by atoms with Gasteiger partial charge in [0.15, 0.2) is 5.54 Å². The molecular formula is C17H18FN5O4. The number of benzene rings is 1. The van der Waals surface area contributed by atoms with Crippen molar-refractivity contribution in [1.29, 1.82) is 0 Å². The van der Waals surface area contributed by atoms with Crippen molar-refractivity contribution in [2.24, 2.45) is 0 Å². The molecule has 142 valence electrons. The van der Waals surface area contributed by atoms with Crippen LogP contribution < -0.4 is 15.5 Å². The number of urea groups is 1. The van der Waals surface area contributed by atoms with E-state index in [2.05, 4.69) is 15.7 Å². The normalized spacial score (nSPS) is 14.2. The fraction of sp³-hybridized carbons (Fsp3) is 0.294. The number of hydrogen-bond donors (Lipinski definition) is 3. The second-order valence-electron chi connectivity index (χ2n) is 6.54. The predicted molar refractivity (Wildman–Crippen MR) is 94.3 cm³/mol. The molecule has 2 heterocycles. The SMILES string of the molecule is CC(C)(C(=O)O)n1cc(NC(=O)c2cc(N3CCNC3=O)ccc2F)cn1. The standard InChI is InChI=1S/C17H18FN5O4/c1-17(2,15(25)26)23-9-10(8-20-23)21-14(24)12-7-11(3-4-13(12)18)22-6-5-19-16(22)27/h3-4,7-9H,5-6H2,1-2H3,(H,19,27)(H,21,24)(H,25,26). The van der Waals surface area contributed by atoms with Crippen molar-refractivity contribution in [2.75, 3.05) is 23.3 Å². The summed E-state index contributed by atoms with van der Waals surface area (Å²) in [5, 5.41) is 18.3. The third kappa shape index (κ3) is 3.46. The first-order chi connectivity index (χ1) is 12.7. The van der Waals surface area contributed by atoms with Crippen LogP contribution >= 0.6 is 0 Å². The molecule has 3 rings (SSSR count). The molecule has 27 heavy (non-hydrogen) atoms. The van der Waals surface area contributed by atoms with E-state index in [4.69, 9.17) is 0 Å². The minimum Gasteiger partial charge on any atom is -0.479 e. The summed E-state index contributed by atoms with van der Waals surface area (Å²) < 4.78 is 15.3. The predicted octanol–water partition coefficient (Wildman–Crippen LogP) is 1.62. The van der Waals surface area contributed by atoms with E-state index >= 15 is 0 Å². The molecular weight excluding hydrogens is 357 g/mol. The number of nitrogens with zero attached hydrogens (tertiary/aromatic N) is 3. The Bertz CT molecular complexity index is 924. The lowest BCUT2D eigenvalue weighted by atomic mass is 10.1. The van der Waals surface area contributed by atoms with Crippen LogP contribution in [0.25, 0.3) is 0 Å². The highest BCUT2D eigenvalue weighted by atomic mass is 19.1. The van der Waals surface area contributed by atoms with E-state index in [0.717, 1.165) is 6.07 Å². The summed E-state index contributed by atoms with van der Waals surface area (Å²) in [5.74, 6) is -2.57. The van der Waals surface area contributed by atoms with Crippen LogP contribution in [-0.2, 0) is 10.3 Å². The Morgan fingerprint density at radius 1 is 1.37 bits per heavy atom. The first-order valence-electron chi connectivity index (χ1n) is 8.15. The minimum atomic E-state index is -1.31. The van der Waals surface area contributed by atoms with E-state index in [1.807, 2.05) is 0 Å². The molecule has 2 aromatic rings. The smallest absolute Gasteiger partial charge is 0.331 e. The number of rotatable bonds is 5. The molecule has 1 aromatic carbocycles. The number of nitrogens with one attached hydrogen (secondary N) is 2. The van der Waals surface area contributed by atoms with E-state index in [1.165, 1.54) is 48.0 Å². The molecule has 1 saturated heterocycles. The van der Waals surface area contributed by atoms with Gasteiger partial charge in [-0.25, -0.2) is 14.0 Å². The van der Waals surface area contributed by atoms with Crippen LogP contribution in [0.2, 0.25) is 0 Å². The van der Waals surface area contributed by atoms with Crippen molar-refractivity contribution >= 4 is 29.3 Å². The van der Waals surface area contributed by atoms with Crippen molar-refractivity contribution in [1.82, 2.24) is 15.1 Å². The van der Waals surface area contributed by atoms with Gasteiger partial charge in [0.05, 0.1) is 17.4 Å². The summed E-state index contributed by atoms with van der Waals surface area (Å²) in [5.41, 5.74) is -0.924. The van der Waals surface area contributed by atoms with Gasteiger partial charge < -0.3 is 15.7 Å². The number of hydrogen-bond acceptors (Lipinski definition) is 4. The number of carbonyl (C=O) groups excluding carboxylic acids is 2. The maximum atomic E-state index is 14.1. The van der Waals surface area contributed by atoms with Gasteiger partial charge in [-0.1, -0.05) is 0 Å². The van der Waals surface area contributed by atoms with Crippen LogP contribution in [0.15, 0.2) is 30.6 Å². The average molecular weight is 375 g/mol. The minimum absolute atomic E-state index is 0.220. The van der Waals surface area contributed by atoms with Crippen molar-refractivity contribution in [3.63, 3.8) is 0 Å². The van der Waals surface area contributed by atoms with Crippen LogP contribution in [0.5, 0.6) is 0 Å². The number of carboxylic acid groups (broad SMARTS) is 1. The highest BCUT2D eigenvalue weighted by Crippen LogP contribution is 2.22. The van der Waals surface area contributed by atoms with Crippen molar-refractivity contribution in [3.05, 3.63) is 42.0 Å².